The van der Waals surface area contributed by atoms with Gasteiger partial charge in [0.15, 0.2) is 0 Å². The Balaban J connectivity index is 1.85. The van der Waals surface area contributed by atoms with Crippen LogP contribution in [0.5, 0.6) is 11.5 Å². The Morgan fingerprint density at radius 3 is 2.67 bits per heavy atom. The number of phenolic OH excluding ortho intramolecular Hbond substituents is 1. The number of nitrogens with zero attached hydrogens (tertiary/aromatic N) is 1. The Hall–Kier alpha value is -2.86. The summed E-state index contributed by atoms with van der Waals surface area (Å²) in [6.45, 7) is 4.19. The van der Waals surface area contributed by atoms with Crippen LogP contribution in [0.3, 0.4) is 0 Å². The van der Waals surface area contributed by atoms with Crippen molar-refractivity contribution in [3.05, 3.63) is 59.9 Å². The minimum Gasteiger partial charge on any atom is -0.508 e. The van der Waals surface area contributed by atoms with Crippen molar-refractivity contribution in [1.82, 2.24) is 10.3 Å². The second-order valence-electron chi connectivity index (χ2n) is 6.39. The Morgan fingerprint density at radius 1 is 1.26 bits per heavy atom. The monoisotopic (exact) mass is 370 g/mol. The van der Waals surface area contributed by atoms with Crippen molar-refractivity contribution in [3.63, 3.8) is 0 Å². The zero-order valence-electron chi connectivity index (χ0n) is 15.9. The van der Waals surface area contributed by atoms with Gasteiger partial charge in [0.05, 0.1) is 17.9 Å². The molecule has 6 heteroatoms. The molecular weight excluding hydrogens is 344 g/mol. The second-order valence-corrected chi connectivity index (χ2v) is 6.39. The van der Waals surface area contributed by atoms with E-state index in [4.69, 9.17) is 9.47 Å². The number of phenols is 1. The SMILES string of the molecule is CNC(CC=Cc1cncc(OC(C)C)c1)COC(=O)c1ccc(O)cc1. The molecule has 2 aromatic rings. The lowest BCUT2D eigenvalue weighted by molar-refractivity contribution is 0.0469. The van der Waals surface area contributed by atoms with E-state index >= 15 is 0 Å². The largest absolute Gasteiger partial charge is 0.508 e. The number of ether oxygens (including phenoxy) is 2. The van der Waals surface area contributed by atoms with Crippen LogP contribution < -0.4 is 10.1 Å². The third kappa shape index (κ3) is 7.11. The first-order valence-electron chi connectivity index (χ1n) is 8.89. The van der Waals surface area contributed by atoms with Crippen LogP contribution >= 0.6 is 0 Å². The summed E-state index contributed by atoms with van der Waals surface area (Å²) in [7, 11) is 1.82. The molecule has 0 saturated heterocycles. The smallest absolute Gasteiger partial charge is 0.338 e. The van der Waals surface area contributed by atoms with E-state index in [1.54, 1.807) is 12.4 Å². The van der Waals surface area contributed by atoms with Gasteiger partial charge in [-0.2, -0.15) is 0 Å². The van der Waals surface area contributed by atoms with Crippen molar-refractivity contribution in [1.29, 1.82) is 0 Å². The molecule has 0 fully saturated rings. The van der Waals surface area contributed by atoms with E-state index in [0.29, 0.717) is 12.0 Å². The Morgan fingerprint density at radius 2 is 2.00 bits per heavy atom. The summed E-state index contributed by atoms with van der Waals surface area (Å²) in [4.78, 5) is 16.2. The van der Waals surface area contributed by atoms with E-state index in [-0.39, 0.29) is 24.5 Å². The number of hydrogen-bond acceptors (Lipinski definition) is 6. The highest BCUT2D eigenvalue weighted by Gasteiger charge is 2.11. The molecule has 1 aromatic carbocycles. The summed E-state index contributed by atoms with van der Waals surface area (Å²) in [5.74, 6) is 0.434. The fraction of sp³-hybridized carbons (Fsp3) is 0.333. The number of pyridine rings is 1. The van der Waals surface area contributed by atoms with Crippen LogP contribution in [0.25, 0.3) is 6.08 Å². The van der Waals surface area contributed by atoms with Gasteiger partial charge in [-0.1, -0.05) is 12.2 Å². The first-order chi connectivity index (χ1) is 13.0. The average molecular weight is 370 g/mol. The molecule has 0 aliphatic heterocycles. The number of aromatic hydroxyl groups is 1. The highest BCUT2D eigenvalue weighted by Crippen LogP contribution is 2.15. The summed E-state index contributed by atoms with van der Waals surface area (Å²) in [5, 5.41) is 12.4. The van der Waals surface area contributed by atoms with Gasteiger partial charge in [-0.05, 0) is 63.2 Å². The summed E-state index contributed by atoms with van der Waals surface area (Å²) < 4.78 is 11.0. The molecule has 0 amide bonds. The number of likely N-dealkylation sites (N-methyl/N-ethyl adjacent to an activating group) is 1. The number of carbonyl (C=O) groups is 1. The van der Waals surface area contributed by atoms with Gasteiger partial charge in [0.1, 0.15) is 18.1 Å². The molecule has 144 valence electrons. The molecule has 1 atom stereocenters. The van der Waals surface area contributed by atoms with E-state index in [1.807, 2.05) is 39.1 Å². The average Bonchev–Trinajstić information content (AvgIpc) is 2.64. The Labute approximate surface area is 159 Å². The molecule has 0 radical (unpaired) electrons. The van der Waals surface area contributed by atoms with Gasteiger partial charge in [-0.3, -0.25) is 4.98 Å². The topological polar surface area (TPSA) is 80.7 Å². The third-order valence-corrected chi connectivity index (χ3v) is 3.76. The lowest BCUT2D eigenvalue weighted by Gasteiger charge is -2.14. The minimum atomic E-state index is -0.415. The molecule has 2 rings (SSSR count). The zero-order chi connectivity index (χ0) is 19.6. The number of nitrogens with one attached hydrogen (secondary N) is 1. The zero-order valence-corrected chi connectivity index (χ0v) is 15.9. The maximum Gasteiger partial charge on any atom is 0.338 e. The maximum absolute atomic E-state index is 12.0. The predicted molar refractivity (Wildman–Crippen MR) is 105 cm³/mol. The molecule has 0 aliphatic rings. The van der Waals surface area contributed by atoms with E-state index in [0.717, 1.165) is 11.3 Å². The lowest BCUT2D eigenvalue weighted by atomic mass is 10.1. The molecule has 0 aliphatic carbocycles. The molecule has 0 spiro atoms. The molecule has 2 N–H and O–H groups in total. The van der Waals surface area contributed by atoms with Gasteiger partial charge in [-0.25, -0.2) is 4.79 Å². The first-order valence-corrected chi connectivity index (χ1v) is 8.89. The number of rotatable bonds is 9. The third-order valence-electron chi connectivity index (χ3n) is 3.76. The molecular formula is C21H26N2O4. The van der Waals surface area contributed by atoms with E-state index in [1.165, 1.54) is 24.3 Å². The van der Waals surface area contributed by atoms with Gasteiger partial charge in [0.2, 0.25) is 0 Å². The molecule has 0 saturated carbocycles. The summed E-state index contributed by atoms with van der Waals surface area (Å²) >= 11 is 0. The first kappa shape index (κ1) is 20.5. The fourth-order valence-electron chi connectivity index (χ4n) is 2.36. The molecule has 1 unspecified atom stereocenters. The van der Waals surface area contributed by atoms with Crippen LogP contribution in [0.1, 0.15) is 36.2 Å². The van der Waals surface area contributed by atoms with Crippen molar-refractivity contribution >= 4 is 12.0 Å². The van der Waals surface area contributed by atoms with E-state index < -0.39 is 5.97 Å². The number of hydrogen-bond donors (Lipinski definition) is 2. The molecule has 1 aromatic heterocycles. The van der Waals surface area contributed by atoms with Crippen LogP contribution in [0.4, 0.5) is 0 Å². The van der Waals surface area contributed by atoms with Crippen LogP contribution in [0, 0.1) is 0 Å². The van der Waals surface area contributed by atoms with Crippen molar-refractivity contribution in [2.75, 3.05) is 13.7 Å². The lowest BCUT2D eigenvalue weighted by Crippen LogP contribution is -2.30. The highest BCUT2D eigenvalue weighted by molar-refractivity contribution is 5.89. The van der Waals surface area contributed by atoms with Crippen LogP contribution in [0.15, 0.2) is 48.8 Å². The molecule has 1 heterocycles. The number of benzene rings is 1. The molecule has 6 nitrogen and oxygen atoms in total. The van der Waals surface area contributed by atoms with Crippen molar-refractivity contribution in [3.8, 4) is 11.5 Å². The van der Waals surface area contributed by atoms with E-state index in [9.17, 15) is 9.90 Å². The van der Waals surface area contributed by atoms with Crippen molar-refractivity contribution in [2.24, 2.45) is 0 Å². The summed E-state index contributed by atoms with van der Waals surface area (Å²) in [6.07, 6.45) is 8.22. The van der Waals surface area contributed by atoms with Gasteiger partial charge in [0.25, 0.3) is 0 Å². The molecule has 0 bridgehead atoms. The fourth-order valence-corrected chi connectivity index (χ4v) is 2.36. The van der Waals surface area contributed by atoms with Crippen LogP contribution in [-0.2, 0) is 4.74 Å². The Kier molecular flexibility index (Phi) is 7.82. The van der Waals surface area contributed by atoms with Crippen molar-refractivity contribution < 1.29 is 19.4 Å². The second kappa shape index (κ2) is 10.3. The normalized spacial score (nSPS) is 12.3. The van der Waals surface area contributed by atoms with Crippen LogP contribution in [-0.4, -0.2) is 41.9 Å². The number of aromatic nitrogens is 1. The van der Waals surface area contributed by atoms with Crippen LogP contribution in [0.2, 0.25) is 0 Å². The van der Waals surface area contributed by atoms with E-state index in [2.05, 4.69) is 10.3 Å². The van der Waals surface area contributed by atoms with Crippen molar-refractivity contribution in [2.45, 2.75) is 32.4 Å². The van der Waals surface area contributed by atoms with Gasteiger partial charge in [-0.15, -0.1) is 0 Å². The quantitative estimate of drug-likeness (QED) is 0.658. The molecule has 27 heavy (non-hydrogen) atoms. The maximum atomic E-state index is 12.0. The minimum absolute atomic E-state index is 0.00892. The van der Waals surface area contributed by atoms with Gasteiger partial charge < -0.3 is 19.9 Å². The van der Waals surface area contributed by atoms with Gasteiger partial charge in [0, 0.05) is 12.2 Å². The number of carbonyl (C=O) groups excluding carboxylic acids is 1. The Bertz CT molecular complexity index is 757. The summed E-state index contributed by atoms with van der Waals surface area (Å²) in [6, 6.07) is 7.91. The predicted octanol–water partition coefficient (Wildman–Crippen LogP) is 3.42. The standard InChI is InChI=1S/C21H26N2O4/c1-15(2)27-20-11-16(12-23-13-20)5-4-6-18(22-3)14-26-21(25)17-7-9-19(24)10-8-17/h4-5,7-13,15,18,22,24H,6,14H2,1-3H3. The highest BCUT2D eigenvalue weighted by atomic mass is 16.5. The number of esters is 1. The summed E-state index contributed by atoms with van der Waals surface area (Å²) in [5.41, 5.74) is 1.36. The van der Waals surface area contributed by atoms with Gasteiger partial charge >= 0.3 is 5.97 Å².